The molecule has 1 saturated heterocycles. The van der Waals surface area contributed by atoms with Gasteiger partial charge < -0.3 is 19.6 Å². The van der Waals surface area contributed by atoms with Crippen LogP contribution in [0.2, 0.25) is 0 Å². The van der Waals surface area contributed by atoms with E-state index in [1.54, 1.807) is 24.3 Å². The Kier molecular flexibility index (Phi) is 7.17. The summed E-state index contributed by atoms with van der Waals surface area (Å²) in [4.78, 5) is 22.2. The fourth-order valence-corrected chi connectivity index (χ4v) is 5.50. The van der Waals surface area contributed by atoms with E-state index in [9.17, 15) is 13.2 Å². The van der Waals surface area contributed by atoms with Gasteiger partial charge in [0.15, 0.2) is 0 Å². The molecule has 1 aliphatic rings. The minimum Gasteiger partial charge on any atom is -0.494 e. The van der Waals surface area contributed by atoms with E-state index in [1.807, 2.05) is 11.8 Å². The number of ether oxygens (including phenoxy) is 2. The third kappa shape index (κ3) is 4.64. The van der Waals surface area contributed by atoms with Gasteiger partial charge in [0.2, 0.25) is 10.0 Å². The number of hydrogen-bond acceptors (Lipinski definition) is 8. The monoisotopic (exact) mass is 488 g/mol. The van der Waals surface area contributed by atoms with Crippen LogP contribution in [0, 0.1) is 0 Å². The summed E-state index contributed by atoms with van der Waals surface area (Å²) < 4.78 is 39.3. The number of benzene rings is 2. The number of methoxy groups -OCH3 is 1. The van der Waals surface area contributed by atoms with Crippen molar-refractivity contribution in [2.45, 2.75) is 11.8 Å². The first-order valence-electron chi connectivity index (χ1n) is 11.1. The van der Waals surface area contributed by atoms with Crippen LogP contribution < -0.4 is 15.0 Å². The predicted octanol–water partition coefficient (Wildman–Crippen LogP) is 1.30. The second-order valence-corrected chi connectivity index (χ2v) is 9.77. The molecule has 11 heteroatoms. The third-order valence-electron chi connectivity index (χ3n) is 5.81. The van der Waals surface area contributed by atoms with Gasteiger partial charge in [-0.1, -0.05) is 6.07 Å². The average Bonchev–Trinajstić information content (AvgIpc) is 2.84. The maximum Gasteiger partial charge on any atom is 0.259 e. The van der Waals surface area contributed by atoms with Gasteiger partial charge in [0, 0.05) is 32.7 Å². The normalized spacial score (nSPS) is 15.5. The molecule has 0 amide bonds. The summed E-state index contributed by atoms with van der Waals surface area (Å²) in [5, 5.41) is 9.49. The van der Waals surface area contributed by atoms with E-state index in [0.29, 0.717) is 67.3 Å². The molecule has 0 saturated carbocycles. The summed E-state index contributed by atoms with van der Waals surface area (Å²) in [6.45, 7) is 4.47. The Morgan fingerprint density at radius 2 is 1.88 bits per heavy atom. The molecule has 182 valence electrons. The van der Waals surface area contributed by atoms with Gasteiger partial charge in [0.1, 0.15) is 22.8 Å². The molecule has 0 bridgehead atoms. The Balaban J connectivity index is 1.78. The average molecular weight is 489 g/mol. The number of aromatic nitrogens is 2. The number of piperazine rings is 1. The van der Waals surface area contributed by atoms with Gasteiger partial charge in [-0.25, -0.2) is 13.4 Å². The van der Waals surface area contributed by atoms with Gasteiger partial charge >= 0.3 is 0 Å². The SMILES string of the molecule is CCOc1ccc(S(=O)(=O)N2CCN(CCO)CC2)cc1-c1nc2c(OC)cccc2c(=O)[nH]1. The molecule has 4 rings (SSSR count). The quantitative estimate of drug-likeness (QED) is 0.486. The summed E-state index contributed by atoms with van der Waals surface area (Å²) in [7, 11) is -2.29. The number of aliphatic hydroxyl groups is 1. The van der Waals surface area contributed by atoms with Crippen molar-refractivity contribution in [1.29, 1.82) is 0 Å². The lowest BCUT2D eigenvalue weighted by molar-refractivity contribution is 0.151. The second-order valence-electron chi connectivity index (χ2n) is 7.83. The van der Waals surface area contributed by atoms with Crippen LogP contribution in [-0.2, 0) is 10.0 Å². The molecular weight excluding hydrogens is 460 g/mol. The maximum absolute atomic E-state index is 13.4. The first-order valence-corrected chi connectivity index (χ1v) is 12.5. The number of β-amino-alcohol motifs (C(OH)–C–C–N with tert-alkyl or cyclic N) is 1. The van der Waals surface area contributed by atoms with Crippen LogP contribution in [-0.4, -0.2) is 85.7 Å². The molecule has 3 aromatic rings. The van der Waals surface area contributed by atoms with Crippen molar-refractivity contribution in [3.8, 4) is 22.9 Å². The Morgan fingerprint density at radius 1 is 1.12 bits per heavy atom. The van der Waals surface area contributed by atoms with Crippen LogP contribution >= 0.6 is 0 Å². The van der Waals surface area contributed by atoms with E-state index in [1.165, 1.54) is 23.5 Å². The summed E-state index contributed by atoms with van der Waals surface area (Å²) in [5.74, 6) is 1.04. The Labute approximate surface area is 197 Å². The zero-order valence-corrected chi connectivity index (χ0v) is 20.0. The standard InChI is InChI=1S/C23H28N4O6S/c1-3-33-19-8-7-16(34(30,31)27-11-9-26(10-12-27)13-14-28)15-18(19)22-24-21-17(23(29)25-22)5-4-6-20(21)32-2/h4-8,15,28H,3,9-14H2,1-2H3,(H,24,25,29). The molecule has 0 radical (unpaired) electrons. The fraction of sp³-hybridized carbons (Fsp3) is 0.391. The number of fused-ring (bicyclic) bond motifs is 1. The van der Waals surface area contributed by atoms with Gasteiger partial charge in [-0.15, -0.1) is 0 Å². The van der Waals surface area contributed by atoms with E-state index in [4.69, 9.17) is 14.6 Å². The lowest BCUT2D eigenvalue weighted by Crippen LogP contribution is -2.49. The Bertz CT molecular complexity index is 1330. The third-order valence-corrected chi connectivity index (χ3v) is 7.70. The van der Waals surface area contributed by atoms with Gasteiger partial charge in [-0.2, -0.15) is 4.31 Å². The second kappa shape index (κ2) is 10.1. The number of aliphatic hydroxyl groups excluding tert-OH is 1. The molecule has 10 nitrogen and oxygen atoms in total. The predicted molar refractivity (Wildman–Crippen MR) is 128 cm³/mol. The fourth-order valence-electron chi connectivity index (χ4n) is 4.05. The van der Waals surface area contributed by atoms with Crippen LogP contribution in [0.4, 0.5) is 0 Å². The summed E-state index contributed by atoms with van der Waals surface area (Å²) in [5.41, 5.74) is 0.376. The number of rotatable bonds is 8. The first-order chi connectivity index (χ1) is 16.4. The van der Waals surface area contributed by atoms with Crippen molar-refractivity contribution < 1.29 is 23.0 Å². The van der Waals surface area contributed by atoms with Crippen LogP contribution in [0.25, 0.3) is 22.3 Å². The molecule has 0 spiro atoms. The Morgan fingerprint density at radius 3 is 2.56 bits per heavy atom. The van der Waals surface area contributed by atoms with E-state index < -0.39 is 10.0 Å². The molecule has 1 aliphatic heterocycles. The molecule has 1 fully saturated rings. The zero-order valence-electron chi connectivity index (χ0n) is 19.2. The molecule has 0 aliphatic carbocycles. The number of nitrogens with zero attached hydrogens (tertiary/aromatic N) is 3. The number of nitrogens with one attached hydrogen (secondary N) is 1. The topological polar surface area (TPSA) is 125 Å². The van der Waals surface area contributed by atoms with Crippen molar-refractivity contribution in [1.82, 2.24) is 19.2 Å². The smallest absolute Gasteiger partial charge is 0.259 e. The molecule has 2 heterocycles. The molecule has 1 aromatic heterocycles. The number of para-hydroxylation sites is 1. The van der Waals surface area contributed by atoms with Crippen molar-refractivity contribution in [3.63, 3.8) is 0 Å². The lowest BCUT2D eigenvalue weighted by atomic mass is 10.1. The van der Waals surface area contributed by atoms with E-state index in [-0.39, 0.29) is 22.9 Å². The molecule has 0 atom stereocenters. The highest BCUT2D eigenvalue weighted by molar-refractivity contribution is 7.89. The highest BCUT2D eigenvalue weighted by atomic mass is 32.2. The van der Waals surface area contributed by atoms with Crippen LogP contribution in [0.15, 0.2) is 46.1 Å². The van der Waals surface area contributed by atoms with E-state index >= 15 is 0 Å². The Hall–Kier alpha value is -2.99. The highest BCUT2D eigenvalue weighted by Gasteiger charge is 2.29. The number of aromatic amines is 1. The zero-order chi connectivity index (χ0) is 24.3. The van der Waals surface area contributed by atoms with Gasteiger partial charge in [0.05, 0.1) is 36.2 Å². The molecular formula is C23H28N4O6S. The van der Waals surface area contributed by atoms with Crippen LogP contribution in [0.1, 0.15) is 6.92 Å². The summed E-state index contributed by atoms with van der Waals surface area (Å²) >= 11 is 0. The van der Waals surface area contributed by atoms with E-state index in [2.05, 4.69) is 9.97 Å². The minimum absolute atomic E-state index is 0.0384. The van der Waals surface area contributed by atoms with Gasteiger partial charge in [0.25, 0.3) is 5.56 Å². The largest absolute Gasteiger partial charge is 0.494 e. The van der Waals surface area contributed by atoms with E-state index in [0.717, 1.165) is 0 Å². The summed E-state index contributed by atoms with van der Waals surface area (Å²) in [6, 6.07) is 9.63. The van der Waals surface area contributed by atoms with Crippen LogP contribution in [0.5, 0.6) is 11.5 Å². The molecule has 34 heavy (non-hydrogen) atoms. The van der Waals surface area contributed by atoms with Crippen molar-refractivity contribution in [2.24, 2.45) is 0 Å². The van der Waals surface area contributed by atoms with Crippen molar-refractivity contribution >= 4 is 20.9 Å². The number of sulfonamides is 1. The molecule has 2 N–H and O–H groups in total. The van der Waals surface area contributed by atoms with Crippen molar-refractivity contribution in [2.75, 3.05) is 53.0 Å². The number of H-pyrrole nitrogens is 1. The number of hydrogen-bond donors (Lipinski definition) is 2. The van der Waals surface area contributed by atoms with Crippen molar-refractivity contribution in [3.05, 3.63) is 46.8 Å². The molecule has 0 unspecified atom stereocenters. The van der Waals surface area contributed by atoms with Gasteiger partial charge in [-0.05, 0) is 37.3 Å². The summed E-state index contributed by atoms with van der Waals surface area (Å²) in [6.07, 6.45) is 0. The maximum atomic E-state index is 13.4. The van der Waals surface area contributed by atoms with Crippen LogP contribution in [0.3, 0.4) is 0 Å². The van der Waals surface area contributed by atoms with Gasteiger partial charge in [-0.3, -0.25) is 9.69 Å². The molecule has 2 aromatic carbocycles. The highest BCUT2D eigenvalue weighted by Crippen LogP contribution is 2.33. The minimum atomic E-state index is -3.78. The first kappa shape index (κ1) is 24.1. The lowest BCUT2D eigenvalue weighted by Gasteiger charge is -2.33.